The summed E-state index contributed by atoms with van der Waals surface area (Å²) in [5.41, 5.74) is 6.02. The molecule has 0 saturated heterocycles. The lowest BCUT2D eigenvalue weighted by Crippen LogP contribution is -2.25. The molecule has 1 heterocycles. The first-order valence-corrected chi connectivity index (χ1v) is 7.26. The maximum atomic E-state index is 13.6. The Bertz CT molecular complexity index is 701. The molecule has 0 atom stereocenters. The number of hydrogen-bond acceptors (Lipinski definition) is 5. The summed E-state index contributed by atoms with van der Waals surface area (Å²) in [6.07, 6.45) is 0. The van der Waals surface area contributed by atoms with E-state index in [1.54, 1.807) is 13.8 Å². The van der Waals surface area contributed by atoms with Crippen molar-refractivity contribution in [2.24, 2.45) is 0 Å². The fourth-order valence-electron chi connectivity index (χ4n) is 1.65. The van der Waals surface area contributed by atoms with Crippen molar-refractivity contribution >= 4 is 15.7 Å². The summed E-state index contributed by atoms with van der Waals surface area (Å²) in [7, 11) is -4.07. The highest BCUT2D eigenvalue weighted by Gasteiger charge is 2.22. The maximum absolute atomic E-state index is 13.6. The number of rotatable bonds is 4. The van der Waals surface area contributed by atoms with Crippen molar-refractivity contribution in [3.63, 3.8) is 0 Å². The highest BCUT2D eigenvalue weighted by Crippen LogP contribution is 2.21. The Hall–Kier alpha value is -1.93. The van der Waals surface area contributed by atoms with Crippen LogP contribution >= 0.6 is 0 Å². The van der Waals surface area contributed by atoms with Crippen molar-refractivity contribution in [1.82, 2.24) is 9.71 Å². The summed E-state index contributed by atoms with van der Waals surface area (Å²) in [6, 6.07) is 3.69. The summed E-state index contributed by atoms with van der Waals surface area (Å²) in [5, 5.41) is 0. The number of halogens is 1. The lowest BCUT2D eigenvalue weighted by Gasteiger charge is -2.08. The molecule has 20 heavy (non-hydrogen) atoms. The molecule has 6 nitrogen and oxygen atoms in total. The third kappa shape index (κ3) is 2.81. The van der Waals surface area contributed by atoms with E-state index in [-0.39, 0.29) is 18.1 Å². The summed E-state index contributed by atoms with van der Waals surface area (Å²) < 4.78 is 45.1. The number of benzene rings is 1. The molecule has 0 aliphatic carbocycles. The fourth-order valence-corrected chi connectivity index (χ4v) is 2.81. The van der Waals surface area contributed by atoms with Gasteiger partial charge in [-0.3, -0.25) is 0 Å². The first-order chi connectivity index (χ1) is 9.31. The Morgan fingerprint density at radius 1 is 1.40 bits per heavy atom. The molecule has 0 radical (unpaired) electrons. The van der Waals surface area contributed by atoms with E-state index in [0.717, 1.165) is 6.07 Å². The van der Waals surface area contributed by atoms with E-state index in [0.29, 0.717) is 11.5 Å². The zero-order valence-corrected chi connectivity index (χ0v) is 11.8. The van der Waals surface area contributed by atoms with E-state index in [4.69, 9.17) is 10.2 Å². The van der Waals surface area contributed by atoms with Crippen LogP contribution in [0.3, 0.4) is 0 Å². The first-order valence-electron chi connectivity index (χ1n) is 5.78. The topological polar surface area (TPSA) is 98.2 Å². The average molecular weight is 299 g/mol. The van der Waals surface area contributed by atoms with E-state index >= 15 is 0 Å². The zero-order chi connectivity index (χ0) is 14.9. The number of nitrogens with two attached hydrogens (primary N) is 1. The van der Waals surface area contributed by atoms with Gasteiger partial charge in [-0.2, -0.15) is 0 Å². The van der Waals surface area contributed by atoms with Gasteiger partial charge in [-0.1, -0.05) is 6.07 Å². The van der Waals surface area contributed by atoms with Crippen LogP contribution in [-0.2, 0) is 16.6 Å². The average Bonchev–Trinajstić information content (AvgIpc) is 2.66. The summed E-state index contributed by atoms with van der Waals surface area (Å²) in [4.78, 5) is 3.46. The van der Waals surface area contributed by atoms with E-state index in [1.165, 1.54) is 12.1 Å². The molecular weight excluding hydrogens is 285 g/mol. The predicted molar refractivity (Wildman–Crippen MR) is 70.8 cm³/mol. The van der Waals surface area contributed by atoms with Crippen LogP contribution in [0.25, 0.3) is 0 Å². The van der Waals surface area contributed by atoms with Crippen LogP contribution in [0.1, 0.15) is 17.3 Å². The molecule has 1 aromatic carbocycles. The second kappa shape index (κ2) is 5.22. The van der Waals surface area contributed by atoms with Gasteiger partial charge in [0.05, 0.1) is 17.9 Å². The van der Waals surface area contributed by atoms with E-state index in [9.17, 15) is 12.8 Å². The minimum atomic E-state index is -4.07. The summed E-state index contributed by atoms with van der Waals surface area (Å²) in [5.74, 6) is -0.0969. The van der Waals surface area contributed by atoms with Gasteiger partial charge < -0.3 is 10.2 Å². The molecule has 2 rings (SSSR count). The van der Waals surface area contributed by atoms with E-state index in [1.807, 2.05) is 0 Å². The van der Waals surface area contributed by atoms with Crippen LogP contribution in [0.4, 0.5) is 10.1 Å². The summed E-state index contributed by atoms with van der Waals surface area (Å²) >= 11 is 0. The number of nitrogens with one attached hydrogen (secondary N) is 1. The second-order valence-corrected chi connectivity index (χ2v) is 5.94. The number of sulfonamides is 1. The molecule has 1 aromatic heterocycles. The van der Waals surface area contributed by atoms with Gasteiger partial charge in [0, 0.05) is 0 Å². The number of oxazole rings is 1. The van der Waals surface area contributed by atoms with Crippen molar-refractivity contribution < 1.29 is 17.2 Å². The molecule has 0 amide bonds. The molecule has 0 bridgehead atoms. The zero-order valence-electron chi connectivity index (χ0n) is 11.0. The van der Waals surface area contributed by atoms with Gasteiger partial charge in [-0.15, -0.1) is 0 Å². The number of hydrogen-bond donors (Lipinski definition) is 2. The van der Waals surface area contributed by atoms with Crippen molar-refractivity contribution in [2.75, 3.05) is 5.73 Å². The molecule has 0 aliphatic heterocycles. The van der Waals surface area contributed by atoms with Gasteiger partial charge >= 0.3 is 0 Å². The van der Waals surface area contributed by atoms with Crippen LogP contribution < -0.4 is 10.5 Å². The summed E-state index contributed by atoms with van der Waals surface area (Å²) in [6.45, 7) is 3.28. The van der Waals surface area contributed by atoms with Crippen molar-refractivity contribution in [3.05, 3.63) is 41.4 Å². The van der Waals surface area contributed by atoms with Gasteiger partial charge in [0.2, 0.25) is 15.9 Å². The monoisotopic (exact) mass is 299 g/mol. The number of anilines is 1. The van der Waals surface area contributed by atoms with Gasteiger partial charge in [0.1, 0.15) is 16.5 Å². The molecule has 2 aromatic rings. The van der Waals surface area contributed by atoms with Crippen molar-refractivity contribution in [2.45, 2.75) is 25.3 Å². The Balaban J connectivity index is 2.24. The molecule has 8 heteroatoms. The van der Waals surface area contributed by atoms with Gasteiger partial charge in [0.25, 0.3) is 0 Å². The highest BCUT2D eigenvalue weighted by atomic mass is 32.2. The van der Waals surface area contributed by atoms with E-state index < -0.39 is 20.7 Å². The lowest BCUT2D eigenvalue weighted by atomic mass is 10.3. The fraction of sp³-hybridized carbons (Fsp3) is 0.250. The minimum absolute atomic E-state index is 0.155. The Morgan fingerprint density at radius 2 is 2.10 bits per heavy atom. The van der Waals surface area contributed by atoms with Gasteiger partial charge in [-0.25, -0.2) is 22.5 Å². The number of nitrogen functional groups attached to an aromatic ring is 1. The molecule has 108 valence electrons. The third-order valence-corrected chi connectivity index (χ3v) is 4.24. The van der Waals surface area contributed by atoms with E-state index in [2.05, 4.69) is 9.71 Å². The quantitative estimate of drug-likeness (QED) is 0.833. The van der Waals surface area contributed by atoms with Crippen LogP contribution in [0, 0.1) is 19.7 Å². The van der Waals surface area contributed by atoms with Crippen molar-refractivity contribution in [1.29, 1.82) is 0 Å². The van der Waals surface area contributed by atoms with Gasteiger partial charge in [0.15, 0.2) is 0 Å². The Kier molecular flexibility index (Phi) is 3.78. The molecule has 3 N–H and O–H groups in total. The normalized spacial score (nSPS) is 11.8. The number of aryl methyl sites for hydroxylation is 2. The minimum Gasteiger partial charge on any atom is -0.444 e. The molecule has 0 saturated carbocycles. The number of nitrogens with zero attached hydrogens (tertiary/aromatic N) is 1. The smallest absolute Gasteiger partial charge is 0.246 e. The molecule has 0 spiro atoms. The van der Waals surface area contributed by atoms with Crippen molar-refractivity contribution in [3.8, 4) is 0 Å². The molecule has 0 fully saturated rings. The standard InChI is InChI=1S/C12H14FN3O3S/c1-7-8(2)19-11(16-7)6-15-20(17,18)12-9(13)4-3-5-10(12)14/h3-5,15H,6,14H2,1-2H3. The largest absolute Gasteiger partial charge is 0.444 e. The number of aromatic nitrogens is 1. The Morgan fingerprint density at radius 3 is 2.65 bits per heavy atom. The third-order valence-electron chi connectivity index (χ3n) is 2.75. The Labute approximate surface area is 115 Å². The highest BCUT2D eigenvalue weighted by molar-refractivity contribution is 7.89. The van der Waals surface area contributed by atoms with Gasteiger partial charge in [-0.05, 0) is 26.0 Å². The lowest BCUT2D eigenvalue weighted by molar-refractivity contribution is 0.462. The first kappa shape index (κ1) is 14.5. The van der Waals surface area contributed by atoms with Crippen LogP contribution in [0.15, 0.2) is 27.5 Å². The van der Waals surface area contributed by atoms with Crippen LogP contribution in [0.2, 0.25) is 0 Å². The van der Waals surface area contributed by atoms with Crippen LogP contribution in [-0.4, -0.2) is 13.4 Å². The molecule has 0 aliphatic rings. The maximum Gasteiger partial charge on any atom is 0.246 e. The SMILES string of the molecule is Cc1nc(CNS(=O)(=O)c2c(N)cccc2F)oc1C. The molecular formula is C12H14FN3O3S. The predicted octanol–water partition coefficient (Wildman–Crippen LogP) is 1.49. The molecule has 0 unspecified atom stereocenters. The second-order valence-electron chi connectivity index (χ2n) is 4.23. The van der Waals surface area contributed by atoms with Crippen LogP contribution in [0.5, 0.6) is 0 Å².